The molecule has 0 saturated heterocycles. The summed E-state index contributed by atoms with van der Waals surface area (Å²) >= 11 is 0. The smallest absolute Gasteiger partial charge is 0.326 e. The standard InChI is InChI=1S/C19H35N7O8/c1-9(2)14(17(32)24-11(18(33)34)4-3-7-23-19(21)22)26-16(31)12(8-27)25-15(30)10(20)5-6-13(28)29/h9-12,14,27H,3-8,20H2,1-2H3,(H,24,32)(H,25,30)(H,26,31)(H,28,29)(H,33,34)(H4,21,22,23). The summed E-state index contributed by atoms with van der Waals surface area (Å²) in [5.74, 6) is -5.61. The van der Waals surface area contributed by atoms with E-state index < -0.39 is 66.4 Å². The summed E-state index contributed by atoms with van der Waals surface area (Å²) in [7, 11) is 0. The molecule has 0 aromatic rings. The molecule has 0 spiro atoms. The highest BCUT2D eigenvalue weighted by Crippen LogP contribution is 2.06. The molecule has 0 aliphatic heterocycles. The lowest BCUT2D eigenvalue weighted by molar-refractivity contribution is -0.143. The van der Waals surface area contributed by atoms with E-state index in [0.717, 1.165) is 0 Å². The molecule has 0 bridgehead atoms. The zero-order valence-corrected chi connectivity index (χ0v) is 19.2. The number of aliphatic hydroxyl groups is 1. The first kappa shape index (κ1) is 30.5. The second-order valence-electron chi connectivity index (χ2n) is 7.86. The Morgan fingerprint density at radius 1 is 0.882 bits per heavy atom. The van der Waals surface area contributed by atoms with Gasteiger partial charge in [0.25, 0.3) is 0 Å². The molecule has 0 aromatic heterocycles. The summed E-state index contributed by atoms with van der Waals surface area (Å²) in [6.07, 6.45) is -0.247. The first-order valence-corrected chi connectivity index (χ1v) is 10.6. The van der Waals surface area contributed by atoms with Gasteiger partial charge in [-0.05, 0) is 25.2 Å². The number of nitrogens with one attached hydrogen (secondary N) is 3. The summed E-state index contributed by atoms with van der Waals surface area (Å²) < 4.78 is 0. The van der Waals surface area contributed by atoms with Crippen LogP contribution in [0.5, 0.6) is 0 Å². The summed E-state index contributed by atoms with van der Waals surface area (Å²) in [6.45, 7) is 2.55. The molecule has 4 unspecified atom stereocenters. The van der Waals surface area contributed by atoms with E-state index >= 15 is 0 Å². The van der Waals surface area contributed by atoms with E-state index in [1.165, 1.54) is 0 Å². The topological polar surface area (TPSA) is 273 Å². The lowest BCUT2D eigenvalue weighted by atomic mass is 10.0. The van der Waals surface area contributed by atoms with Gasteiger partial charge in [0.05, 0.1) is 12.6 Å². The molecule has 0 saturated carbocycles. The first-order valence-electron chi connectivity index (χ1n) is 10.6. The predicted octanol–water partition coefficient (Wildman–Crippen LogP) is -3.58. The van der Waals surface area contributed by atoms with Crippen LogP contribution in [0.2, 0.25) is 0 Å². The number of aliphatic imine (C=N–C) groups is 1. The third-order valence-corrected chi connectivity index (χ3v) is 4.63. The highest BCUT2D eigenvalue weighted by Gasteiger charge is 2.31. The molecule has 0 radical (unpaired) electrons. The zero-order chi connectivity index (χ0) is 26.4. The number of carbonyl (C=O) groups excluding carboxylic acids is 3. The molecule has 34 heavy (non-hydrogen) atoms. The van der Waals surface area contributed by atoms with Crippen LogP contribution in [0.25, 0.3) is 0 Å². The molecule has 4 atom stereocenters. The number of amides is 3. The Kier molecular flexibility index (Phi) is 13.8. The van der Waals surface area contributed by atoms with Crippen LogP contribution in [0.15, 0.2) is 4.99 Å². The van der Waals surface area contributed by atoms with Crippen molar-refractivity contribution in [3.8, 4) is 0 Å². The van der Waals surface area contributed by atoms with Gasteiger partial charge in [0.15, 0.2) is 5.96 Å². The fourth-order valence-electron chi connectivity index (χ4n) is 2.69. The maximum absolute atomic E-state index is 12.7. The van der Waals surface area contributed by atoms with Gasteiger partial charge in [0, 0.05) is 13.0 Å². The van der Waals surface area contributed by atoms with Crippen molar-refractivity contribution in [3.05, 3.63) is 0 Å². The number of rotatable bonds is 16. The third-order valence-electron chi connectivity index (χ3n) is 4.63. The van der Waals surface area contributed by atoms with E-state index in [-0.39, 0.29) is 38.2 Å². The fraction of sp³-hybridized carbons (Fsp3) is 0.684. The number of nitrogens with zero attached hydrogens (tertiary/aromatic N) is 1. The van der Waals surface area contributed by atoms with Crippen LogP contribution in [0.1, 0.15) is 39.5 Å². The van der Waals surface area contributed by atoms with Gasteiger partial charge >= 0.3 is 11.9 Å². The summed E-state index contributed by atoms with van der Waals surface area (Å²) in [5, 5.41) is 34.5. The van der Waals surface area contributed by atoms with Crippen LogP contribution in [0.3, 0.4) is 0 Å². The molecule has 15 nitrogen and oxygen atoms in total. The summed E-state index contributed by atoms with van der Waals surface area (Å²) in [5.41, 5.74) is 16.0. The lowest BCUT2D eigenvalue weighted by Crippen LogP contribution is -2.59. The highest BCUT2D eigenvalue weighted by atomic mass is 16.4. The van der Waals surface area contributed by atoms with Gasteiger partial charge in [-0.2, -0.15) is 0 Å². The molecular formula is C19H35N7O8. The van der Waals surface area contributed by atoms with Gasteiger partial charge in [0.1, 0.15) is 18.1 Å². The minimum Gasteiger partial charge on any atom is -0.481 e. The Labute approximate surface area is 196 Å². The van der Waals surface area contributed by atoms with Crippen molar-refractivity contribution in [2.45, 2.75) is 63.7 Å². The van der Waals surface area contributed by atoms with Crippen LogP contribution < -0.4 is 33.2 Å². The van der Waals surface area contributed by atoms with Gasteiger partial charge < -0.3 is 48.5 Å². The molecule has 3 amide bonds. The second kappa shape index (κ2) is 15.4. The minimum absolute atomic E-state index is 0.0279. The maximum atomic E-state index is 12.7. The average molecular weight is 490 g/mol. The van der Waals surface area contributed by atoms with Crippen molar-refractivity contribution >= 4 is 35.6 Å². The average Bonchev–Trinajstić information content (AvgIpc) is 2.74. The van der Waals surface area contributed by atoms with Gasteiger partial charge in [0.2, 0.25) is 17.7 Å². The van der Waals surface area contributed by atoms with E-state index in [1.807, 2.05) is 0 Å². The van der Waals surface area contributed by atoms with Crippen molar-refractivity contribution < 1.29 is 39.3 Å². The van der Waals surface area contributed by atoms with E-state index in [2.05, 4.69) is 20.9 Å². The van der Waals surface area contributed by atoms with Crippen molar-refractivity contribution in [3.63, 3.8) is 0 Å². The normalized spacial score (nSPS) is 14.3. The molecule has 0 heterocycles. The Hall–Kier alpha value is -3.46. The number of hydrogen-bond donors (Lipinski definition) is 9. The van der Waals surface area contributed by atoms with E-state index in [4.69, 9.17) is 22.3 Å². The lowest BCUT2D eigenvalue weighted by Gasteiger charge is -2.26. The Morgan fingerprint density at radius 2 is 1.47 bits per heavy atom. The van der Waals surface area contributed by atoms with Crippen LogP contribution in [-0.4, -0.2) is 88.3 Å². The van der Waals surface area contributed by atoms with Crippen LogP contribution in [0.4, 0.5) is 0 Å². The van der Waals surface area contributed by atoms with Gasteiger partial charge in [-0.1, -0.05) is 13.8 Å². The number of carbonyl (C=O) groups is 5. The first-order chi connectivity index (χ1) is 15.8. The Morgan fingerprint density at radius 3 is 1.94 bits per heavy atom. The van der Waals surface area contributed by atoms with Crippen molar-refractivity contribution in [1.82, 2.24) is 16.0 Å². The predicted molar refractivity (Wildman–Crippen MR) is 120 cm³/mol. The molecule has 0 aromatic carbocycles. The highest BCUT2D eigenvalue weighted by molar-refractivity contribution is 5.94. The number of hydrogen-bond acceptors (Lipinski definition) is 8. The van der Waals surface area contributed by atoms with Crippen LogP contribution >= 0.6 is 0 Å². The van der Waals surface area contributed by atoms with Crippen molar-refractivity contribution in [2.75, 3.05) is 13.2 Å². The Balaban J connectivity index is 5.12. The number of aliphatic hydroxyl groups excluding tert-OH is 1. The number of carboxylic acid groups (broad SMARTS) is 2. The summed E-state index contributed by atoms with van der Waals surface area (Å²) in [4.78, 5) is 63.2. The van der Waals surface area contributed by atoms with Gasteiger partial charge in [-0.15, -0.1) is 0 Å². The van der Waals surface area contributed by atoms with Crippen LogP contribution in [0, 0.1) is 5.92 Å². The quantitative estimate of drug-likeness (QED) is 0.0580. The van der Waals surface area contributed by atoms with Crippen molar-refractivity contribution in [1.29, 1.82) is 0 Å². The minimum atomic E-state index is -1.47. The zero-order valence-electron chi connectivity index (χ0n) is 19.2. The Bertz CT molecular complexity index is 755. The fourth-order valence-corrected chi connectivity index (χ4v) is 2.69. The molecule has 15 heteroatoms. The van der Waals surface area contributed by atoms with E-state index in [1.54, 1.807) is 13.8 Å². The molecule has 12 N–H and O–H groups in total. The van der Waals surface area contributed by atoms with Crippen LogP contribution in [-0.2, 0) is 24.0 Å². The molecule has 194 valence electrons. The number of guanidine groups is 1. The molecule has 0 fully saturated rings. The SMILES string of the molecule is CC(C)C(NC(=O)C(CO)NC(=O)C(N)CCC(=O)O)C(=O)NC(CCCN=C(N)N)C(=O)O. The van der Waals surface area contributed by atoms with Crippen molar-refractivity contribution in [2.24, 2.45) is 28.1 Å². The molecule has 0 aliphatic rings. The van der Waals surface area contributed by atoms with Gasteiger partial charge in [-0.25, -0.2) is 4.79 Å². The number of aliphatic carboxylic acids is 2. The molecule has 0 rings (SSSR count). The molecular weight excluding hydrogens is 454 g/mol. The summed E-state index contributed by atoms with van der Waals surface area (Å²) in [6, 6.07) is -5.14. The third kappa shape index (κ3) is 12.0. The largest absolute Gasteiger partial charge is 0.481 e. The monoisotopic (exact) mass is 489 g/mol. The maximum Gasteiger partial charge on any atom is 0.326 e. The number of carboxylic acids is 2. The van der Waals surface area contributed by atoms with E-state index in [0.29, 0.717) is 0 Å². The van der Waals surface area contributed by atoms with E-state index in [9.17, 15) is 34.2 Å². The number of nitrogens with two attached hydrogens (primary N) is 3. The molecule has 0 aliphatic carbocycles. The second-order valence-corrected chi connectivity index (χ2v) is 7.86. The van der Waals surface area contributed by atoms with Gasteiger partial charge in [-0.3, -0.25) is 24.2 Å².